The molecule has 1 saturated carbocycles. The zero-order valence-electron chi connectivity index (χ0n) is 16.9. The van der Waals surface area contributed by atoms with Crippen LogP contribution in [0.1, 0.15) is 43.2 Å². The maximum Gasteiger partial charge on any atom is 0.230 e. The monoisotopic (exact) mass is 416 g/mol. The highest BCUT2D eigenvalue weighted by molar-refractivity contribution is 7.92. The zero-order valence-corrected chi connectivity index (χ0v) is 17.7. The largest absolute Gasteiger partial charge is 0.496 e. The fourth-order valence-corrected chi connectivity index (χ4v) is 4.63. The van der Waals surface area contributed by atoms with E-state index in [-0.39, 0.29) is 5.91 Å². The number of anilines is 1. The van der Waals surface area contributed by atoms with E-state index in [0.717, 1.165) is 55.2 Å². The summed E-state index contributed by atoms with van der Waals surface area (Å²) in [4.78, 5) is 13.3. The molecule has 0 saturated heterocycles. The minimum absolute atomic E-state index is 0.00642. The van der Waals surface area contributed by atoms with Crippen LogP contribution < -0.4 is 14.8 Å². The summed E-state index contributed by atoms with van der Waals surface area (Å²) in [6, 6.07) is 14.8. The Bertz CT molecular complexity index is 949. The van der Waals surface area contributed by atoms with Crippen LogP contribution in [0.2, 0.25) is 0 Å². The average Bonchev–Trinajstić information content (AvgIpc) is 2.72. The second kappa shape index (κ2) is 8.86. The second-order valence-corrected chi connectivity index (χ2v) is 9.34. The van der Waals surface area contributed by atoms with Gasteiger partial charge in [0.15, 0.2) is 0 Å². The number of carbonyl (C=O) groups excluding carboxylic acids is 1. The molecule has 0 unspecified atom stereocenters. The summed E-state index contributed by atoms with van der Waals surface area (Å²) < 4.78 is 30.7. The molecule has 2 aromatic carbocycles. The van der Waals surface area contributed by atoms with Gasteiger partial charge in [-0.3, -0.25) is 9.52 Å². The zero-order chi connectivity index (χ0) is 20.9. The van der Waals surface area contributed by atoms with Gasteiger partial charge in [0, 0.05) is 17.8 Å². The number of ether oxygens (including phenoxy) is 1. The summed E-state index contributed by atoms with van der Waals surface area (Å²) in [5.74, 6) is 0.758. The molecule has 29 heavy (non-hydrogen) atoms. The van der Waals surface area contributed by atoms with Gasteiger partial charge in [-0.25, -0.2) is 8.42 Å². The Kier molecular flexibility index (Phi) is 6.47. The predicted molar refractivity (Wildman–Crippen MR) is 115 cm³/mol. The van der Waals surface area contributed by atoms with Crippen molar-refractivity contribution >= 4 is 21.6 Å². The number of hydrogen-bond donors (Lipinski definition) is 2. The number of nitrogens with one attached hydrogen (secondary N) is 2. The maximum absolute atomic E-state index is 13.3. The number of methoxy groups -OCH3 is 1. The maximum atomic E-state index is 13.3. The van der Waals surface area contributed by atoms with Crippen molar-refractivity contribution in [3.63, 3.8) is 0 Å². The van der Waals surface area contributed by atoms with Gasteiger partial charge >= 0.3 is 0 Å². The van der Waals surface area contributed by atoms with Crippen molar-refractivity contribution in [2.45, 2.75) is 44.1 Å². The van der Waals surface area contributed by atoms with E-state index in [9.17, 15) is 13.2 Å². The van der Waals surface area contributed by atoms with E-state index in [0.29, 0.717) is 12.2 Å². The molecule has 0 heterocycles. The summed E-state index contributed by atoms with van der Waals surface area (Å²) in [6.45, 7) is 0.401. The van der Waals surface area contributed by atoms with Crippen molar-refractivity contribution in [2.75, 3.05) is 18.1 Å². The molecule has 3 rings (SSSR count). The second-order valence-electron chi connectivity index (χ2n) is 7.59. The van der Waals surface area contributed by atoms with Gasteiger partial charge in [0.1, 0.15) is 5.75 Å². The van der Waals surface area contributed by atoms with Crippen LogP contribution >= 0.6 is 0 Å². The Morgan fingerprint density at radius 1 is 1.03 bits per heavy atom. The number of amides is 1. The van der Waals surface area contributed by atoms with Gasteiger partial charge in [-0.2, -0.15) is 0 Å². The average molecular weight is 417 g/mol. The first-order chi connectivity index (χ1) is 13.8. The lowest BCUT2D eigenvalue weighted by atomic mass is 9.68. The molecule has 0 radical (unpaired) electrons. The van der Waals surface area contributed by atoms with Crippen LogP contribution in [-0.4, -0.2) is 27.7 Å². The third-order valence-corrected chi connectivity index (χ3v) is 6.12. The summed E-state index contributed by atoms with van der Waals surface area (Å²) in [7, 11) is -1.71. The quantitative estimate of drug-likeness (QED) is 0.722. The normalized spacial score (nSPS) is 16.1. The number of benzene rings is 2. The molecule has 0 aromatic heterocycles. The van der Waals surface area contributed by atoms with Gasteiger partial charge in [-0.15, -0.1) is 0 Å². The van der Waals surface area contributed by atoms with Crippen molar-refractivity contribution in [2.24, 2.45) is 0 Å². The molecule has 7 heteroatoms. The third kappa shape index (κ3) is 5.09. The van der Waals surface area contributed by atoms with Gasteiger partial charge in [-0.05, 0) is 36.6 Å². The van der Waals surface area contributed by atoms with Crippen molar-refractivity contribution in [1.29, 1.82) is 0 Å². The van der Waals surface area contributed by atoms with E-state index in [1.54, 1.807) is 19.2 Å². The van der Waals surface area contributed by atoms with Gasteiger partial charge < -0.3 is 10.1 Å². The van der Waals surface area contributed by atoms with Crippen LogP contribution in [0, 0.1) is 0 Å². The van der Waals surface area contributed by atoms with Gasteiger partial charge in [0.2, 0.25) is 15.9 Å². The van der Waals surface area contributed by atoms with Crippen LogP contribution in [0.25, 0.3) is 0 Å². The first kappa shape index (κ1) is 21.2. The van der Waals surface area contributed by atoms with E-state index in [4.69, 9.17) is 4.74 Å². The highest BCUT2D eigenvalue weighted by Crippen LogP contribution is 2.40. The Morgan fingerprint density at radius 2 is 1.69 bits per heavy atom. The van der Waals surface area contributed by atoms with Crippen LogP contribution in [0.4, 0.5) is 5.69 Å². The van der Waals surface area contributed by atoms with Crippen molar-refractivity contribution < 1.29 is 17.9 Å². The predicted octanol–water partition coefficient (Wildman–Crippen LogP) is 3.59. The number of hydrogen-bond acceptors (Lipinski definition) is 4. The highest BCUT2D eigenvalue weighted by Gasteiger charge is 2.41. The third-order valence-electron chi connectivity index (χ3n) is 5.51. The summed E-state index contributed by atoms with van der Waals surface area (Å²) in [5.41, 5.74) is 1.76. The number of para-hydroxylation sites is 1. The highest BCUT2D eigenvalue weighted by atomic mass is 32.2. The molecule has 0 bridgehead atoms. The SMILES string of the molecule is COc1ccccc1CNC(=O)C1(c2ccc(NS(C)(=O)=O)cc2)CCCCC1. The summed E-state index contributed by atoms with van der Waals surface area (Å²) in [5, 5.41) is 3.11. The fourth-order valence-electron chi connectivity index (χ4n) is 4.07. The van der Waals surface area contributed by atoms with E-state index in [2.05, 4.69) is 10.0 Å². The fraction of sp³-hybridized carbons (Fsp3) is 0.409. The molecule has 2 N–H and O–H groups in total. The van der Waals surface area contributed by atoms with Crippen LogP contribution in [0.3, 0.4) is 0 Å². The van der Waals surface area contributed by atoms with Crippen molar-refractivity contribution in [3.8, 4) is 5.75 Å². The van der Waals surface area contributed by atoms with Crippen LogP contribution in [0.15, 0.2) is 48.5 Å². The molecule has 0 spiro atoms. The lowest BCUT2D eigenvalue weighted by molar-refractivity contribution is -0.128. The Hall–Kier alpha value is -2.54. The summed E-state index contributed by atoms with van der Waals surface area (Å²) in [6.07, 6.45) is 5.79. The number of rotatable bonds is 7. The molecule has 1 fully saturated rings. The number of carbonyl (C=O) groups is 1. The van der Waals surface area contributed by atoms with Gasteiger partial charge in [0.25, 0.3) is 0 Å². The molecule has 0 atom stereocenters. The van der Waals surface area contributed by atoms with Crippen LogP contribution in [-0.2, 0) is 26.8 Å². The van der Waals surface area contributed by atoms with E-state index < -0.39 is 15.4 Å². The molecular formula is C22H28N2O4S. The minimum atomic E-state index is -3.33. The van der Waals surface area contributed by atoms with E-state index >= 15 is 0 Å². The smallest absolute Gasteiger partial charge is 0.230 e. The minimum Gasteiger partial charge on any atom is -0.496 e. The Morgan fingerprint density at radius 3 is 2.31 bits per heavy atom. The topological polar surface area (TPSA) is 84.5 Å². The molecular weight excluding hydrogens is 388 g/mol. The first-order valence-corrected chi connectivity index (χ1v) is 11.7. The Balaban J connectivity index is 1.81. The van der Waals surface area contributed by atoms with Crippen LogP contribution in [0.5, 0.6) is 5.75 Å². The van der Waals surface area contributed by atoms with Gasteiger partial charge in [0.05, 0.1) is 18.8 Å². The Labute approximate surface area is 172 Å². The summed E-state index contributed by atoms with van der Waals surface area (Å²) >= 11 is 0. The first-order valence-electron chi connectivity index (χ1n) is 9.83. The molecule has 156 valence electrons. The van der Waals surface area contributed by atoms with Gasteiger partial charge in [-0.1, -0.05) is 49.6 Å². The van der Waals surface area contributed by atoms with Crippen molar-refractivity contribution in [1.82, 2.24) is 5.32 Å². The lowest BCUT2D eigenvalue weighted by Crippen LogP contribution is -2.45. The molecule has 6 nitrogen and oxygen atoms in total. The molecule has 1 amide bonds. The van der Waals surface area contributed by atoms with E-state index in [1.807, 2.05) is 36.4 Å². The molecule has 2 aromatic rings. The van der Waals surface area contributed by atoms with Crippen molar-refractivity contribution in [3.05, 3.63) is 59.7 Å². The molecule has 1 aliphatic carbocycles. The van der Waals surface area contributed by atoms with E-state index in [1.165, 1.54) is 0 Å². The standard InChI is InChI=1S/C22H28N2O4S/c1-28-20-9-5-4-8-17(20)16-23-21(25)22(14-6-3-7-15-22)18-10-12-19(13-11-18)24-29(2,26)27/h4-5,8-13,24H,3,6-7,14-16H2,1-2H3,(H,23,25). The molecule has 0 aliphatic heterocycles. The number of sulfonamides is 1. The lowest BCUT2D eigenvalue weighted by Gasteiger charge is -2.36. The molecule has 1 aliphatic rings.